The summed E-state index contributed by atoms with van der Waals surface area (Å²) in [6, 6.07) is 3.44. The molecule has 0 bridgehead atoms. The summed E-state index contributed by atoms with van der Waals surface area (Å²) in [5.74, 6) is -1.09. The number of hydrogen-bond donors (Lipinski definition) is 1. The van der Waals surface area contributed by atoms with Gasteiger partial charge in [0.05, 0.1) is 12.2 Å². The molecule has 0 heterocycles. The Kier molecular flexibility index (Phi) is 4.34. The number of halogens is 3. The number of carbonyl (C=O) groups excluding carboxylic acids is 1. The van der Waals surface area contributed by atoms with Crippen LogP contribution < -0.4 is 0 Å². The van der Waals surface area contributed by atoms with Crippen LogP contribution in [0.3, 0.4) is 0 Å². The average molecular weight is 262 g/mol. The topological polar surface area (TPSA) is 46.5 Å². The summed E-state index contributed by atoms with van der Waals surface area (Å²) >= 11 is 0. The number of benzene rings is 1. The third-order valence-electron chi connectivity index (χ3n) is 2.41. The molecule has 3 nitrogen and oxygen atoms in total. The first kappa shape index (κ1) is 14.5. The number of carbonyl (C=O) groups is 1. The molecule has 1 aromatic rings. The van der Waals surface area contributed by atoms with Gasteiger partial charge < -0.3 is 9.84 Å². The highest BCUT2D eigenvalue weighted by Gasteiger charge is 2.37. The van der Waals surface area contributed by atoms with E-state index in [-0.39, 0.29) is 12.2 Å². The summed E-state index contributed by atoms with van der Waals surface area (Å²) in [6.07, 6.45) is -6.56. The third kappa shape index (κ3) is 3.01. The normalized spacial score (nSPS) is 13.2. The lowest BCUT2D eigenvalue weighted by Gasteiger charge is -2.18. The van der Waals surface area contributed by atoms with Crippen molar-refractivity contribution in [2.24, 2.45) is 0 Å². The molecule has 0 spiro atoms. The number of alkyl halides is 3. The van der Waals surface area contributed by atoms with E-state index in [0.29, 0.717) is 0 Å². The van der Waals surface area contributed by atoms with Gasteiger partial charge in [0.1, 0.15) is 0 Å². The monoisotopic (exact) mass is 262 g/mol. The van der Waals surface area contributed by atoms with Gasteiger partial charge in [-0.2, -0.15) is 13.2 Å². The van der Waals surface area contributed by atoms with Crippen LogP contribution >= 0.6 is 0 Å². The van der Waals surface area contributed by atoms with Gasteiger partial charge >= 0.3 is 12.1 Å². The first-order valence-electron chi connectivity index (χ1n) is 5.30. The van der Waals surface area contributed by atoms with Crippen LogP contribution in [0.5, 0.6) is 0 Å². The minimum absolute atomic E-state index is 0.0108. The number of esters is 1. The standard InChI is InChI=1S/C12H13F3O3/c1-3-18-11(17)10(16)9-7(2)5-4-6-8(9)12(13,14)15/h4-6,10,16H,3H2,1-2H3. The first-order chi connectivity index (χ1) is 8.29. The number of aryl methyl sites for hydroxylation is 1. The van der Waals surface area contributed by atoms with Crippen LogP contribution in [0.2, 0.25) is 0 Å². The molecule has 0 aliphatic rings. The number of hydrogen-bond acceptors (Lipinski definition) is 3. The Hall–Kier alpha value is -1.56. The Balaban J connectivity index is 3.26. The zero-order chi connectivity index (χ0) is 13.9. The van der Waals surface area contributed by atoms with E-state index in [4.69, 9.17) is 0 Å². The predicted octanol–water partition coefficient (Wildman–Crippen LogP) is 2.61. The van der Waals surface area contributed by atoms with E-state index in [1.54, 1.807) is 0 Å². The molecule has 0 saturated carbocycles. The molecule has 1 atom stereocenters. The second-order valence-corrected chi connectivity index (χ2v) is 3.69. The van der Waals surface area contributed by atoms with Crippen molar-refractivity contribution in [3.63, 3.8) is 0 Å². The van der Waals surface area contributed by atoms with Crippen molar-refractivity contribution in [2.45, 2.75) is 26.1 Å². The molecule has 1 N–H and O–H groups in total. The van der Waals surface area contributed by atoms with E-state index in [1.807, 2.05) is 0 Å². The minimum atomic E-state index is -4.63. The van der Waals surface area contributed by atoms with Gasteiger partial charge in [0.25, 0.3) is 0 Å². The molecular weight excluding hydrogens is 249 g/mol. The number of aliphatic hydroxyl groups is 1. The molecule has 0 aliphatic carbocycles. The van der Waals surface area contributed by atoms with Gasteiger partial charge in [-0.25, -0.2) is 4.79 Å². The molecule has 0 saturated heterocycles. The summed E-state index contributed by atoms with van der Waals surface area (Å²) in [4.78, 5) is 11.3. The van der Waals surface area contributed by atoms with Gasteiger partial charge in [-0.1, -0.05) is 12.1 Å². The van der Waals surface area contributed by atoms with Crippen LogP contribution in [-0.4, -0.2) is 17.7 Å². The molecule has 1 aromatic carbocycles. The molecular formula is C12H13F3O3. The Morgan fingerprint density at radius 3 is 2.56 bits per heavy atom. The quantitative estimate of drug-likeness (QED) is 0.852. The van der Waals surface area contributed by atoms with Crippen molar-refractivity contribution in [2.75, 3.05) is 6.61 Å². The summed E-state index contributed by atoms with van der Waals surface area (Å²) in [5.41, 5.74) is -1.29. The minimum Gasteiger partial charge on any atom is -0.464 e. The fraction of sp³-hybridized carbons (Fsp3) is 0.417. The van der Waals surface area contributed by atoms with Crippen molar-refractivity contribution in [3.8, 4) is 0 Å². The van der Waals surface area contributed by atoms with Gasteiger partial charge in [0.2, 0.25) is 0 Å². The largest absolute Gasteiger partial charge is 0.464 e. The lowest BCUT2D eigenvalue weighted by atomic mass is 9.96. The molecule has 1 unspecified atom stereocenters. The highest BCUT2D eigenvalue weighted by molar-refractivity contribution is 5.77. The van der Waals surface area contributed by atoms with Crippen molar-refractivity contribution in [3.05, 3.63) is 34.9 Å². The van der Waals surface area contributed by atoms with Crippen molar-refractivity contribution >= 4 is 5.97 Å². The van der Waals surface area contributed by atoms with Crippen LogP contribution in [0, 0.1) is 6.92 Å². The smallest absolute Gasteiger partial charge is 0.416 e. The Morgan fingerprint density at radius 2 is 2.06 bits per heavy atom. The Labute approximate surface area is 102 Å². The molecule has 0 amide bonds. The van der Waals surface area contributed by atoms with E-state index in [9.17, 15) is 23.1 Å². The fourth-order valence-electron chi connectivity index (χ4n) is 1.63. The summed E-state index contributed by atoms with van der Waals surface area (Å²) in [5, 5.41) is 9.67. The fourth-order valence-corrected chi connectivity index (χ4v) is 1.63. The molecule has 1 rings (SSSR count). The van der Waals surface area contributed by atoms with Crippen LogP contribution in [0.15, 0.2) is 18.2 Å². The van der Waals surface area contributed by atoms with Gasteiger partial charge in [0, 0.05) is 5.56 Å². The van der Waals surface area contributed by atoms with Crippen LogP contribution in [0.4, 0.5) is 13.2 Å². The number of rotatable bonds is 3. The maximum Gasteiger partial charge on any atom is 0.416 e. The molecule has 100 valence electrons. The summed E-state index contributed by atoms with van der Waals surface area (Å²) in [6.45, 7) is 2.89. The lowest BCUT2D eigenvalue weighted by molar-refractivity contribution is -0.155. The second kappa shape index (κ2) is 5.39. The highest BCUT2D eigenvalue weighted by atomic mass is 19.4. The highest BCUT2D eigenvalue weighted by Crippen LogP contribution is 2.36. The number of ether oxygens (including phenoxy) is 1. The van der Waals surface area contributed by atoms with Crippen LogP contribution in [0.1, 0.15) is 29.7 Å². The van der Waals surface area contributed by atoms with Crippen LogP contribution in [-0.2, 0) is 15.7 Å². The van der Waals surface area contributed by atoms with E-state index in [0.717, 1.165) is 6.07 Å². The zero-order valence-electron chi connectivity index (χ0n) is 9.91. The predicted molar refractivity (Wildman–Crippen MR) is 57.8 cm³/mol. The molecule has 6 heteroatoms. The SMILES string of the molecule is CCOC(=O)C(O)c1c(C)cccc1C(F)(F)F. The third-order valence-corrected chi connectivity index (χ3v) is 2.41. The van der Waals surface area contributed by atoms with Crippen molar-refractivity contribution < 1.29 is 27.8 Å². The molecule has 0 fully saturated rings. The maximum absolute atomic E-state index is 12.8. The van der Waals surface area contributed by atoms with Gasteiger partial charge in [-0.15, -0.1) is 0 Å². The Morgan fingerprint density at radius 1 is 1.44 bits per heavy atom. The zero-order valence-corrected chi connectivity index (χ0v) is 9.91. The lowest BCUT2D eigenvalue weighted by Crippen LogP contribution is -2.21. The summed E-state index contributed by atoms with van der Waals surface area (Å²) < 4.78 is 42.8. The maximum atomic E-state index is 12.8. The van der Waals surface area contributed by atoms with E-state index >= 15 is 0 Å². The van der Waals surface area contributed by atoms with Crippen molar-refractivity contribution in [1.29, 1.82) is 0 Å². The molecule has 0 aromatic heterocycles. The van der Waals surface area contributed by atoms with E-state index in [1.165, 1.54) is 26.0 Å². The molecule has 0 radical (unpaired) electrons. The van der Waals surface area contributed by atoms with Crippen LogP contribution in [0.25, 0.3) is 0 Å². The number of aliphatic hydroxyl groups excluding tert-OH is 1. The molecule has 18 heavy (non-hydrogen) atoms. The van der Waals surface area contributed by atoms with E-state index in [2.05, 4.69) is 4.74 Å². The van der Waals surface area contributed by atoms with E-state index < -0.39 is 29.4 Å². The summed E-state index contributed by atoms with van der Waals surface area (Å²) in [7, 11) is 0. The van der Waals surface area contributed by atoms with Gasteiger partial charge in [-0.05, 0) is 25.5 Å². The second-order valence-electron chi connectivity index (χ2n) is 3.69. The van der Waals surface area contributed by atoms with Gasteiger partial charge in [-0.3, -0.25) is 0 Å². The molecule has 0 aliphatic heterocycles. The van der Waals surface area contributed by atoms with Crippen molar-refractivity contribution in [1.82, 2.24) is 0 Å². The average Bonchev–Trinajstić information content (AvgIpc) is 2.27. The van der Waals surface area contributed by atoms with Gasteiger partial charge in [0.15, 0.2) is 6.10 Å². The Bertz CT molecular complexity index is 441. The first-order valence-corrected chi connectivity index (χ1v) is 5.30.